The number of aromatic nitrogens is 4. The second-order valence-corrected chi connectivity index (χ2v) is 8.46. The number of carbonyl (C=O) groups is 2. The normalized spacial score (nSPS) is 11.6. The molecule has 0 spiro atoms. The Bertz CT molecular complexity index is 988. The highest BCUT2D eigenvalue weighted by molar-refractivity contribution is 8.00. The molecule has 156 valence electrons. The summed E-state index contributed by atoms with van der Waals surface area (Å²) in [7, 11) is 0. The number of nitrogens with one attached hydrogen (secondary N) is 2. The van der Waals surface area contributed by atoms with Gasteiger partial charge < -0.3 is 15.2 Å². The number of rotatable bonds is 10. The number of thioether (sulfide) groups is 1. The Morgan fingerprint density at radius 2 is 2.10 bits per heavy atom. The molecule has 8 nitrogen and oxygen atoms in total. The number of carbonyl (C=O) groups excluding carboxylic acids is 2. The molecule has 2 aromatic heterocycles. The molecular weight excluding hydrogens is 420 g/mol. The number of hydrogen-bond acceptors (Lipinski definition) is 7. The van der Waals surface area contributed by atoms with Gasteiger partial charge in [0.2, 0.25) is 5.91 Å². The lowest BCUT2D eigenvalue weighted by molar-refractivity contribution is -0.115. The first-order valence-electron chi connectivity index (χ1n) is 9.31. The van der Waals surface area contributed by atoms with Crippen LogP contribution in [-0.4, -0.2) is 43.4 Å². The Morgan fingerprint density at radius 3 is 2.80 bits per heavy atom. The van der Waals surface area contributed by atoms with E-state index < -0.39 is 0 Å². The molecule has 0 saturated carbocycles. The van der Waals surface area contributed by atoms with Crippen molar-refractivity contribution in [2.24, 2.45) is 0 Å². The van der Waals surface area contributed by atoms with E-state index in [1.54, 1.807) is 36.7 Å². The van der Waals surface area contributed by atoms with Gasteiger partial charge in [0.15, 0.2) is 10.3 Å². The van der Waals surface area contributed by atoms with Gasteiger partial charge in [-0.25, -0.2) is 4.98 Å². The number of hydrogen-bond donors (Lipinski definition) is 2. The van der Waals surface area contributed by atoms with Crippen molar-refractivity contribution in [3.63, 3.8) is 0 Å². The van der Waals surface area contributed by atoms with Gasteiger partial charge in [-0.2, -0.15) is 0 Å². The van der Waals surface area contributed by atoms with Crippen LogP contribution in [0.3, 0.4) is 0 Å². The number of nitrogens with zero attached hydrogens (tertiary/aromatic N) is 4. The summed E-state index contributed by atoms with van der Waals surface area (Å²) in [4.78, 5) is 28.6. The Hall–Kier alpha value is -2.98. The van der Waals surface area contributed by atoms with E-state index in [1.807, 2.05) is 22.8 Å². The summed E-state index contributed by atoms with van der Waals surface area (Å²) in [6, 6.07) is 9.05. The van der Waals surface area contributed by atoms with E-state index in [9.17, 15) is 9.59 Å². The van der Waals surface area contributed by atoms with Crippen LogP contribution in [0.5, 0.6) is 0 Å². The molecule has 1 unspecified atom stereocenters. The maximum atomic E-state index is 12.4. The molecule has 0 fully saturated rings. The average Bonchev–Trinajstić information content (AvgIpc) is 3.40. The largest absolute Gasteiger partial charge is 0.352 e. The van der Waals surface area contributed by atoms with E-state index in [0.717, 1.165) is 5.82 Å². The van der Waals surface area contributed by atoms with Crippen LogP contribution in [0.4, 0.5) is 5.13 Å². The Balaban J connectivity index is 1.59. The van der Waals surface area contributed by atoms with Crippen LogP contribution < -0.4 is 10.6 Å². The van der Waals surface area contributed by atoms with Crippen LogP contribution in [-0.2, 0) is 17.8 Å². The summed E-state index contributed by atoms with van der Waals surface area (Å²) in [5.41, 5.74) is 0.612. The van der Waals surface area contributed by atoms with Gasteiger partial charge in [-0.15, -0.1) is 28.1 Å². The minimum Gasteiger partial charge on any atom is -0.352 e. The zero-order valence-electron chi connectivity index (χ0n) is 16.4. The van der Waals surface area contributed by atoms with Crippen molar-refractivity contribution in [2.45, 2.75) is 30.3 Å². The first-order valence-corrected chi connectivity index (χ1v) is 11.1. The van der Waals surface area contributed by atoms with Crippen molar-refractivity contribution in [1.29, 1.82) is 0 Å². The summed E-state index contributed by atoms with van der Waals surface area (Å²) in [5, 5.41) is 16.8. The fraction of sp³-hybridized carbons (Fsp3) is 0.250. The molecule has 1 aromatic carbocycles. The second kappa shape index (κ2) is 10.7. The Morgan fingerprint density at radius 1 is 1.30 bits per heavy atom. The van der Waals surface area contributed by atoms with Crippen LogP contribution in [0.25, 0.3) is 0 Å². The highest BCUT2D eigenvalue weighted by atomic mass is 32.2. The van der Waals surface area contributed by atoms with Gasteiger partial charge in [0.1, 0.15) is 5.82 Å². The van der Waals surface area contributed by atoms with E-state index >= 15 is 0 Å². The van der Waals surface area contributed by atoms with Crippen LogP contribution >= 0.6 is 23.1 Å². The van der Waals surface area contributed by atoms with Crippen LogP contribution in [0, 0.1) is 0 Å². The minimum atomic E-state index is -0.382. The average molecular weight is 443 g/mol. The smallest absolute Gasteiger partial charge is 0.251 e. The molecule has 0 aliphatic heterocycles. The summed E-state index contributed by atoms with van der Waals surface area (Å²) in [6.45, 7) is 6.53. The molecule has 0 radical (unpaired) electrons. The molecule has 0 aliphatic carbocycles. The number of benzene rings is 1. The first kappa shape index (κ1) is 21.7. The monoisotopic (exact) mass is 442 g/mol. The molecule has 2 heterocycles. The molecule has 0 bridgehead atoms. The van der Waals surface area contributed by atoms with Crippen molar-refractivity contribution in [1.82, 2.24) is 25.1 Å². The van der Waals surface area contributed by atoms with Gasteiger partial charge >= 0.3 is 0 Å². The SMILES string of the molecule is C=CCn1c(CCNC(=O)c2ccccc2)nnc1SC(C)C(=O)Nc1nccs1. The molecule has 3 aromatic rings. The lowest BCUT2D eigenvalue weighted by atomic mass is 10.2. The van der Waals surface area contributed by atoms with E-state index in [4.69, 9.17) is 0 Å². The maximum absolute atomic E-state index is 12.4. The van der Waals surface area contributed by atoms with E-state index in [1.165, 1.54) is 23.1 Å². The summed E-state index contributed by atoms with van der Waals surface area (Å²) in [6.07, 6.45) is 3.90. The number of thiazole rings is 1. The quantitative estimate of drug-likeness (QED) is 0.370. The lowest BCUT2D eigenvalue weighted by Crippen LogP contribution is -2.26. The zero-order chi connectivity index (χ0) is 21.3. The third-order valence-corrected chi connectivity index (χ3v) is 5.86. The van der Waals surface area contributed by atoms with Crippen LogP contribution in [0.1, 0.15) is 23.1 Å². The molecule has 0 saturated heterocycles. The van der Waals surface area contributed by atoms with Gasteiger partial charge in [-0.1, -0.05) is 36.0 Å². The summed E-state index contributed by atoms with van der Waals surface area (Å²) >= 11 is 2.68. The summed E-state index contributed by atoms with van der Waals surface area (Å²) < 4.78 is 1.90. The predicted molar refractivity (Wildman–Crippen MR) is 119 cm³/mol. The fourth-order valence-corrected chi connectivity index (χ4v) is 4.00. The highest BCUT2D eigenvalue weighted by Crippen LogP contribution is 2.24. The lowest BCUT2D eigenvalue weighted by Gasteiger charge is -2.12. The third-order valence-electron chi connectivity index (χ3n) is 4.09. The summed E-state index contributed by atoms with van der Waals surface area (Å²) in [5.74, 6) is 0.436. The molecule has 2 N–H and O–H groups in total. The molecule has 30 heavy (non-hydrogen) atoms. The van der Waals surface area contributed by atoms with Crippen molar-refractivity contribution in [3.8, 4) is 0 Å². The Labute approximate surface area is 182 Å². The molecule has 1 atom stereocenters. The van der Waals surface area contributed by atoms with E-state index in [-0.39, 0.29) is 17.1 Å². The standard InChI is InChI=1S/C20H22N6O2S2/c1-3-12-26-16(9-10-21-18(28)15-7-5-4-6-8-15)24-25-20(26)30-14(2)17(27)23-19-22-11-13-29-19/h3-8,11,13-14H,1,9-10,12H2,2H3,(H,21,28)(H,22,23,27). The van der Waals surface area contributed by atoms with Crippen molar-refractivity contribution in [2.75, 3.05) is 11.9 Å². The molecule has 0 aliphatic rings. The maximum Gasteiger partial charge on any atom is 0.251 e. The fourth-order valence-electron chi connectivity index (χ4n) is 2.59. The van der Waals surface area contributed by atoms with Crippen molar-refractivity contribution in [3.05, 3.63) is 66.0 Å². The molecule has 3 rings (SSSR count). The van der Waals surface area contributed by atoms with Crippen molar-refractivity contribution < 1.29 is 9.59 Å². The second-order valence-electron chi connectivity index (χ2n) is 6.26. The number of anilines is 1. The Kier molecular flexibility index (Phi) is 7.75. The van der Waals surface area contributed by atoms with Crippen LogP contribution in [0.2, 0.25) is 0 Å². The molecule has 10 heteroatoms. The number of allylic oxidation sites excluding steroid dienone is 1. The third kappa shape index (κ3) is 5.77. The first-order chi connectivity index (χ1) is 14.6. The van der Waals surface area contributed by atoms with Crippen molar-refractivity contribution >= 4 is 40.0 Å². The van der Waals surface area contributed by atoms with Gasteiger partial charge in [0.25, 0.3) is 5.91 Å². The van der Waals surface area contributed by atoms with E-state index in [0.29, 0.717) is 35.4 Å². The van der Waals surface area contributed by atoms with Gasteiger partial charge in [-0.3, -0.25) is 9.59 Å². The number of amides is 2. The van der Waals surface area contributed by atoms with E-state index in [2.05, 4.69) is 32.4 Å². The van der Waals surface area contributed by atoms with Gasteiger partial charge in [0, 0.05) is 36.7 Å². The molecular formula is C20H22N6O2S2. The minimum absolute atomic E-state index is 0.132. The topological polar surface area (TPSA) is 102 Å². The zero-order valence-corrected chi connectivity index (χ0v) is 18.1. The van der Waals surface area contributed by atoms with Gasteiger partial charge in [-0.05, 0) is 19.1 Å². The highest BCUT2D eigenvalue weighted by Gasteiger charge is 2.20. The molecule has 2 amide bonds. The van der Waals surface area contributed by atoms with Crippen LogP contribution in [0.15, 0.2) is 59.7 Å². The predicted octanol–water partition coefficient (Wildman–Crippen LogP) is 3.01. The van der Waals surface area contributed by atoms with Gasteiger partial charge in [0.05, 0.1) is 5.25 Å².